The first-order valence-corrected chi connectivity index (χ1v) is 7.95. The summed E-state index contributed by atoms with van der Waals surface area (Å²) in [5, 5.41) is 2.97. The Morgan fingerprint density at radius 1 is 1.12 bits per heavy atom. The smallest absolute Gasteiger partial charge is 0.238 e. The van der Waals surface area contributed by atoms with Gasteiger partial charge in [0.25, 0.3) is 0 Å². The molecule has 5 heteroatoms. The number of likely N-dealkylation sites (N-methyl/N-ethyl adjacent to an activating group) is 1. The van der Waals surface area contributed by atoms with Crippen molar-refractivity contribution in [3.63, 3.8) is 0 Å². The molecule has 126 valence electrons. The van der Waals surface area contributed by atoms with Gasteiger partial charge in [0.15, 0.2) is 11.5 Å². The predicted octanol–water partition coefficient (Wildman–Crippen LogP) is 3.10. The second kappa shape index (κ2) is 6.93. The zero-order valence-electron chi connectivity index (χ0n) is 14.3. The summed E-state index contributed by atoms with van der Waals surface area (Å²) in [6.07, 6.45) is 0. The Hall–Kier alpha value is -2.53. The molecule has 0 unspecified atom stereocenters. The fraction of sp³-hybridized carbons (Fsp3) is 0.316. The summed E-state index contributed by atoms with van der Waals surface area (Å²) in [5.74, 6) is 1.51. The van der Waals surface area contributed by atoms with Crippen LogP contribution in [-0.2, 0) is 11.3 Å². The van der Waals surface area contributed by atoms with E-state index in [9.17, 15) is 4.79 Å². The number of amides is 1. The van der Waals surface area contributed by atoms with Gasteiger partial charge < -0.3 is 14.8 Å². The lowest BCUT2D eigenvalue weighted by atomic mass is 10.1. The number of aryl methyl sites for hydroxylation is 2. The highest BCUT2D eigenvalue weighted by atomic mass is 16.7. The molecule has 1 aliphatic rings. The van der Waals surface area contributed by atoms with Gasteiger partial charge >= 0.3 is 0 Å². The van der Waals surface area contributed by atoms with Crippen LogP contribution in [0.3, 0.4) is 0 Å². The fourth-order valence-electron chi connectivity index (χ4n) is 2.80. The third kappa shape index (κ3) is 3.86. The fourth-order valence-corrected chi connectivity index (χ4v) is 2.80. The molecular formula is C19H22N2O3. The predicted molar refractivity (Wildman–Crippen MR) is 93.4 cm³/mol. The van der Waals surface area contributed by atoms with E-state index >= 15 is 0 Å². The molecule has 1 heterocycles. The Labute approximate surface area is 142 Å². The van der Waals surface area contributed by atoms with Crippen molar-refractivity contribution < 1.29 is 14.3 Å². The number of hydrogen-bond acceptors (Lipinski definition) is 4. The van der Waals surface area contributed by atoms with Crippen LogP contribution < -0.4 is 14.8 Å². The maximum absolute atomic E-state index is 12.2. The van der Waals surface area contributed by atoms with E-state index in [1.165, 1.54) is 5.56 Å². The molecular weight excluding hydrogens is 304 g/mol. The van der Waals surface area contributed by atoms with Gasteiger partial charge in [-0.1, -0.05) is 23.8 Å². The van der Waals surface area contributed by atoms with Gasteiger partial charge in [0, 0.05) is 12.2 Å². The number of nitrogens with one attached hydrogen (secondary N) is 1. The maximum Gasteiger partial charge on any atom is 0.238 e. The molecule has 0 atom stereocenters. The summed E-state index contributed by atoms with van der Waals surface area (Å²) in [4.78, 5) is 14.2. The first kappa shape index (κ1) is 16.3. The Kier molecular flexibility index (Phi) is 4.71. The SMILES string of the molecule is Cc1ccc(NC(=O)CN(C)Cc2ccc3c(c2)OCO3)c(C)c1. The van der Waals surface area contributed by atoms with E-state index < -0.39 is 0 Å². The summed E-state index contributed by atoms with van der Waals surface area (Å²) in [6, 6.07) is 11.9. The molecule has 5 nitrogen and oxygen atoms in total. The number of carbonyl (C=O) groups excluding carboxylic acids is 1. The number of rotatable bonds is 5. The molecule has 2 aromatic rings. The van der Waals surface area contributed by atoms with E-state index in [1.807, 2.05) is 56.1 Å². The largest absolute Gasteiger partial charge is 0.454 e. The zero-order chi connectivity index (χ0) is 17.1. The van der Waals surface area contributed by atoms with E-state index in [-0.39, 0.29) is 12.7 Å². The Morgan fingerprint density at radius 3 is 2.71 bits per heavy atom. The summed E-state index contributed by atoms with van der Waals surface area (Å²) in [6.45, 7) is 5.29. The van der Waals surface area contributed by atoms with Crippen LogP contribution in [0.25, 0.3) is 0 Å². The minimum Gasteiger partial charge on any atom is -0.454 e. The number of anilines is 1. The summed E-state index contributed by atoms with van der Waals surface area (Å²) >= 11 is 0. The van der Waals surface area contributed by atoms with E-state index in [2.05, 4.69) is 11.4 Å². The minimum absolute atomic E-state index is 0.0230. The third-order valence-corrected chi connectivity index (χ3v) is 3.96. The second-order valence-electron chi connectivity index (χ2n) is 6.23. The summed E-state index contributed by atoms with van der Waals surface area (Å²) in [5.41, 5.74) is 4.20. The van der Waals surface area contributed by atoms with Crippen LogP contribution in [0, 0.1) is 13.8 Å². The van der Waals surface area contributed by atoms with Crippen molar-refractivity contribution in [3.8, 4) is 11.5 Å². The number of hydrogen-bond donors (Lipinski definition) is 1. The van der Waals surface area contributed by atoms with Crippen LogP contribution in [0.4, 0.5) is 5.69 Å². The van der Waals surface area contributed by atoms with Crippen molar-refractivity contribution in [2.24, 2.45) is 0 Å². The van der Waals surface area contributed by atoms with Crippen LogP contribution in [0.15, 0.2) is 36.4 Å². The van der Waals surface area contributed by atoms with Crippen LogP contribution in [0.2, 0.25) is 0 Å². The highest BCUT2D eigenvalue weighted by Crippen LogP contribution is 2.32. The molecule has 0 radical (unpaired) electrons. The molecule has 0 saturated heterocycles. The quantitative estimate of drug-likeness (QED) is 0.917. The Morgan fingerprint density at radius 2 is 1.92 bits per heavy atom. The van der Waals surface area contributed by atoms with Gasteiger partial charge in [0.05, 0.1) is 6.54 Å². The van der Waals surface area contributed by atoms with Crippen LogP contribution >= 0.6 is 0 Å². The van der Waals surface area contributed by atoms with E-state index in [4.69, 9.17) is 9.47 Å². The Bertz CT molecular complexity index is 758. The van der Waals surface area contributed by atoms with Crippen LogP contribution in [0.5, 0.6) is 11.5 Å². The highest BCUT2D eigenvalue weighted by molar-refractivity contribution is 5.92. The van der Waals surface area contributed by atoms with E-state index in [1.54, 1.807) is 0 Å². The van der Waals surface area contributed by atoms with Gasteiger partial charge in [0.2, 0.25) is 12.7 Å². The van der Waals surface area contributed by atoms with Crippen molar-refractivity contribution >= 4 is 11.6 Å². The monoisotopic (exact) mass is 326 g/mol. The number of ether oxygens (including phenoxy) is 2. The Balaban J connectivity index is 1.56. The molecule has 0 fully saturated rings. The first-order valence-electron chi connectivity index (χ1n) is 7.95. The summed E-state index contributed by atoms with van der Waals surface area (Å²) in [7, 11) is 1.92. The third-order valence-electron chi connectivity index (χ3n) is 3.96. The molecule has 3 rings (SSSR count). The normalized spacial score (nSPS) is 12.5. The van der Waals surface area contributed by atoms with E-state index in [0.717, 1.165) is 28.3 Å². The topological polar surface area (TPSA) is 50.8 Å². The van der Waals surface area contributed by atoms with Crippen LogP contribution in [-0.4, -0.2) is 31.2 Å². The molecule has 0 aromatic heterocycles. The van der Waals surface area contributed by atoms with Crippen LogP contribution in [0.1, 0.15) is 16.7 Å². The van der Waals surface area contributed by atoms with Gasteiger partial charge in [-0.15, -0.1) is 0 Å². The van der Waals surface area contributed by atoms with Gasteiger partial charge in [-0.25, -0.2) is 0 Å². The molecule has 0 spiro atoms. The van der Waals surface area contributed by atoms with Gasteiger partial charge in [-0.3, -0.25) is 9.69 Å². The molecule has 0 bridgehead atoms. The van der Waals surface area contributed by atoms with Gasteiger partial charge in [0.1, 0.15) is 0 Å². The van der Waals surface area contributed by atoms with Crippen molar-refractivity contribution in [2.75, 3.05) is 25.7 Å². The molecule has 2 aromatic carbocycles. The summed E-state index contributed by atoms with van der Waals surface area (Å²) < 4.78 is 10.7. The van der Waals surface area contributed by atoms with E-state index in [0.29, 0.717) is 13.1 Å². The average molecular weight is 326 g/mol. The molecule has 1 aliphatic heterocycles. The highest BCUT2D eigenvalue weighted by Gasteiger charge is 2.14. The minimum atomic E-state index is -0.0230. The zero-order valence-corrected chi connectivity index (χ0v) is 14.3. The lowest BCUT2D eigenvalue weighted by Gasteiger charge is -2.17. The molecule has 0 aliphatic carbocycles. The van der Waals surface area contributed by atoms with Gasteiger partial charge in [-0.2, -0.15) is 0 Å². The lowest BCUT2D eigenvalue weighted by molar-refractivity contribution is -0.117. The standard InChI is InChI=1S/C19H22N2O3/c1-13-4-6-16(14(2)8-13)20-19(22)11-21(3)10-15-5-7-17-18(9-15)24-12-23-17/h4-9H,10-12H2,1-3H3,(H,20,22). The van der Waals surface area contributed by atoms with Crippen molar-refractivity contribution in [1.82, 2.24) is 4.90 Å². The number of nitrogens with zero attached hydrogens (tertiary/aromatic N) is 1. The molecule has 1 amide bonds. The molecule has 0 saturated carbocycles. The lowest BCUT2D eigenvalue weighted by Crippen LogP contribution is -2.30. The molecule has 1 N–H and O–H groups in total. The number of fused-ring (bicyclic) bond motifs is 1. The number of benzene rings is 2. The van der Waals surface area contributed by atoms with Crippen molar-refractivity contribution in [1.29, 1.82) is 0 Å². The van der Waals surface area contributed by atoms with Gasteiger partial charge in [-0.05, 0) is 50.2 Å². The maximum atomic E-state index is 12.2. The van der Waals surface area contributed by atoms with Crippen molar-refractivity contribution in [3.05, 3.63) is 53.1 Å². The van der Waals surface area contributed by atoms with Crippen molar-refractivity contribution in [2.45, 2.75) is 20.4 Å². The molecule has 24 heavy (non-hydrogen) atoms. The number of carbonyl (C=O) groups is 1. The average Bonchev–Trinajstić information content (AvgIpc) is 2.97. The second-order valence-corrected chi connectivity index (χ2v) is 6.23. The first-order chi connectivity index (χ1) is 11.5.